The van der Waals surface area contributed by atoms with Gasteiger partial charge in [0.25, 0.3) is 0 Å². The number of pyridine rings is 2. The fraction of sp³-hybridized carbons (Fsp3) is 0.0833. The molecule has 9 heteroatoms. The first kappa shape index (κ1) is 15.0. The molecular formula is C12H10FN3O4S. The van der Waals surface area contributed by atoms with E-state index in [-0.39, 0.29) is 17.1 Å². The lowest BCUT2D eigenvalue weighted by Crippen LogP contribution is -2.23. The smallest absolute Gasteiger partial charge is 0.354 e. The number of nitrogens with zero attached hydrogens (tertiary/aromatic N) is 2. The molecule has 2 heterocycles. The van der Waals surface area contributed by atoms with Crippen LogP contribution in [0.2, 0.25) is 0 Å². The standard InChI is InChI=1S/C12H10FN3O4S/c13-9-3-10(7-14-6-9)21(19,20)16-5-8-1-2-11(12(17)18)15-4-8/h1-4,6-7,16H,5H2,(H,17,18). The molecule has 7 nitrogen and oxygen atoms in total. The van der Waals surface area contributed by atoms with E-state index in [9.17, 15) is 17.6 Å². The largest absolute Gasteiger partial charge is 0.477 e. The zero-order valence-electron chi connectivity index (χ0n) is 10.5. The van der Waals surface area contributed by atoms with Gasteiger partial charge < -0.3 is 5.11 Å². The zero-order valence-corrected chi connectivity index (χ0v) is 11.3. The summed E-state index contributed by atoms with van der Waals surface area (Å²) in [5.74, 6) is -1.93. The molecule has 0 unspecified atom stereocenters. The summed E-state index contributed by atoms with van der Waals surface area (Å²) in [7, 11) is -3.90. The third-order valence-electron chi connectivity index (χ3n) is 2.50. The number of carbonyl (C=O) groups is 1. The molecule has 0 saturated heterocycles. The maximum atomic E-state index is 13.0. The van der Waals surface area contributed by atoms with Crippen LogP contribution in [0.1, 0.15) is 16.1 Å². The molecule has 0 spiro atoms. The van der Waals surface area contributed by atoms with E-state index < -0.39 is 21.8 Å². The number of aromatic nitrogens is 2. The molecule has 0 radical (unpaired) electrons. The second kappa shape index (κ2) is 5.94. The van der Waals surface area contributed by atoms with Crippen molar-refractivity contribution in [2.45, 2.75) is 11.4 Å². The van der Waals surface area contributed by atoms with Gasteiger partial charge in [-0.3, -0.25) is 4.98 Å². The molecule has 0 atom stereocenters. The van der Waals surface area contributed by atoms with Crippen molar-refractivity contribution in [3.8, 4) is 0 Å². The van der Waals surface area contributed by atoms with E-state index in [0.29, 0.717) is 5.56 Å². The predicted octanol–water partition coefficient (Wildman–Crippen LogP) is 0.792. The van der Waals surface area contributed by atoms with E-state index in [0.717, 1.165) is 18.5 Å². The van der Waals surface area contributed by atoms with E-state index >= 15 is 0 Å². The summed E-state index contributed by atoms with van der Waals surface area (Å²) in [5, 5.41) is 8.69. The van der Waals surface area contributed by atoms with Crippen molar-refractivity contribution >= 4 is 16.0 Å². The van der Waals surface area contributed by atoms with Gasteiger partial charge >= 0.3 is 5.97 Å². The number of hydrogen-bond donors (Lipinski definition) is 2. The number of nitrogens with one attached hydrogen (secondary N) is 1. The van der Waals surface area contributed by atoms with Crippen molar-refractivity contribution < 1.29 is 22.7 Å². The number of hydrogen-bond acceptors (Lipinski definition) is 5. The number of carboxylic acids is 1. The summed E-state index contributed by atoms with van der Waals surface area (Å²) < 4.78 is 39.0. The van der Waals surface area contributed by atoms with E-state index in [4.69, 9.17) is 5.11 Å². The molecule has 0 saturated carbocycles. The fourth-order valence-electron chi connectivity index (χ4n) is 1.46. The van der Waals surface area contributed by atoms with Crippen molar-refractivity contribution in [3.05, 3.63) is 53.9 Å². The van der Waals surface area contributed by atoms with Crippen molar-refractivity contribution in [2.24, 2.45) is 0 Å². The van der Waals surface area contributed by atoms with Crippen LogP contribution in [-0.4, -0.2) is 29.5 Å². The molecule has 0 aliphatic rings. The van der Waals surface area contributed by atoms with Gasteiger partial charge in [-0.15, -0.1) is 0 Å². The summed E-state index contributed by atoms with van der Waals surface area (Å²) >= 11 is 0. The predicted molar refractivity (Wildman–Crippen MR) is 69.4 cm³/mol. The highest BCUT2D eigenvalue weighted by molar-refractivity contribution is 7.89. The third kappa shape index (κ3) is 3.80. The van der Waals surface area contributed by atoms with Crippen molar-refractivity contribution in [1.29, 1.82) is 0 Å². The molecule has 2 N–H and O–H groups in total. The molecule has 0 aromatic carbocycles. The molecule has 0 bridgehead atoms. The van der Waals surface area contributed by atoms with Crippen LogP contribution < -0.4 is 4.72 Å². The number of halogens is 1. The van der Waals surface area contributed by atoms with Crippen LogP contribution in [0.15, 0.2) is 41.7 Å². The monoisotopic (exact) mass is 311 g/mol. The first-order valence-corrected chi connectivity index (χ1v) is 7.15. The highest BCUT2D eigenvalue weighted by Gasteiger charge is 2.15. The molecule has 0 fully saturated rings. The maximum absolute atomic E-state index is 13.0. The third-order valence-corrected chi connectivity index (χ3v) is 3.87. The average Bonchev–Trinajstić information content (AvgIpc) is 2.45. The minimum absolute atomic E-state index is 0.105. The van der Waals surface area contributed by atoms with Crippen LogP contribution >= 0.6 is 0 Å². The normalized spacial score (nSPS) is 11.3. The van der Waals surface area contributed by atoms with Gasteiger partial charge in [-0.05, 0) is 17.7 Å². The molecule has 2 aromatic heterocycles. The van der Waals surface area contributed by atoms with Gasteiger partial charge in [0.15, 0.2) is 0 Å². The first-order chi connectivity index (χ1) is 9.88. The lowest BCUT2D eigenvalue weighted by Gasteiger charge is -2.06. The van der Waals surface area contributed by atoms with Crippen LogP contribution in [0.4, 0.5) is 4.39 Å². The summed E-state index contributed by atoms with van der Waals surface area (Å²) in [6, 6.07) is 3.54. The van der Waals surface area contributed by atoms with Crippen LogP contribution in [0, 0.1) is 5.82 Å². The second-order valence-corrected chi connectivity index (χ2v) is 5.79. The number of sulfonamides is 1. The molecule has 0 aliphatic carbocycles. The SMILES string of the molecule is O=C(O)c1ccc(CNS(=O)(=O)c2cncc(F)c2)cn1. The maximum Gasteiger partial charge on any atom is 0.354 e. The zero-order chi connectivity index (χ0) is 15.5. The van der Waals surface area contributed by atoms with Gasteiger partial charge in [-0.2, -0.15) is 0 Å². The van der Waals surface area contributed by atoms with E-state index in [2.05, 4.69) is 14.7 Å². The number of carboxylic acid groups (broad SMARTS) is 1. The minimum Gasteiger partial charge on any atom is -0.477 e. The Balaban J connectivity index is 2.10. The van der Waals surface area contributed by atoms with E-state index in [1.165, 1.54) is 18.3 Å². The summed E-state index contributed by atoms with van der Waals surface area (Å²) in [6.07, 6.45) is 3.17. The van der Waals surface area contributed by atoms with Crippen molar-refractivity contribution in [1.82, 2.24) is 14.7 Å². The van der Waals surface area contributed by atoms with Gasteiger partial charge in [-0.1, -0.05) is 6.07 Å². The number of rotatable bonds is 5. The quantitative estimate of drug-likeness (QED) is 0.845. The Labute approximate surface area is 119 Å². The van der Waals surface area contributed by atoms with Crippen LogP contribution in [0.5, 0.6) is 0 Å². The summed E-state index contributed by atoms with van der Waals surface area (Å²) in [4.78, 5) is 17.5. The van der Waals surface area contributed by atoms with E-state index in [1.54, 1.807) is 0 Å². The Kier molecular flexibility index (Phi) is 4.24. The topological polar surface area (TPSA) is 109 Å². The highest BCUT2D eigenvalue weighted by atomic mass is 32.2. The Morgan fingerprint density at radius 3 is 2.62 bits per heavy atom. The lowest BCUT2D eigenvalue weighted by atomic mass is 10.2. The Bertz CT molecular complexity index is 762. The van der Waals surface area contributed by atoms with E-state index in [1.807, 2.05) is 0 Å². The second-order valence-electron chi connectivity index (χ2n) is 4.02. The lowest BCUT2D eigenvalue weighted by molar-refractivity contribution is 0.0690. The van der Waals surface area contributed by atoms with Crippen LogP contribution in [0.25, 0.3) is 0 Å². The fourth-order valence-corrected chi connectivity index (χ4v) is 2.45. The molecule has 2 rings (SSSR count). The van der Waals surface area contributed by atoms with Crippen molar-refractivity contribution in [3.63, 3.8) is 0 Å². The molecule has 0 aliphatic heterocycles. The Morgan fingerprint density at radius 2 is 2.05 bits per heavy atom. The average molecular weight is 311 g/mol. The Hall–Kier alpha value is -2.39. The van der Waals surface area contributed by atoms with Crippen LogP contribution in [-0.2, 0) is 16.6 Å². The van der Waals surface area contributed by atoms with Crippen LogP contribution in [0.3, 0.4) is 0 Å². The van der Waals surface area contributed by atoms with Gasteiger partial charge in [-0.25, -0.2) is 27.3 Å². The van der Waals surface area contributed by atoms with Gasteiger partial charge in [0.1, 0.15) is 16.4 Å². The highest BCUT2D eigenvalue weighted by Crippen LogP contribution is 2.09. The van der Waals surface area contributed by atoms with Gasteiger partial charge in [0, 0.05) is 18.9 Å². The molecule has 110 valence electrons. The molecule has 21 heavy (non-hydrogen) atoms. The minimum atomic E-state index is -3.90. The van der Waals surface area contributed by atoms with Crippen molar-refractivity contribution in [2.75, 3.05) is 0 Å². The molecular weight excluding hydrogens is 301 g/mol. The first-order valence-electron chi connectivity index (χ1n) is 5.67. The molecule has 0 amide bonds. The number of aromatic carboxylic acids is 1. The Morgan fingerprint density at radius 1 is 1.29 bits per heavy atom. The summed E-state index contributed by atoms with van der Waals surface area (Å²) in [5.41, 5.74) is 0.323. The van der Waals surface area contributed by atoms with Gasteiger partial charge in [0.2, 0.25) is 10.0 Å². The summed E-state index contributed by atoms with van der Waals surface area (Å²) in [6.45, 7) is -0.105. The molecule has 2 aromatic rings. The van der Waals surface area contributed by atoms with Gasteiger partial charge in [0.05, 0.1) is 6.20 Å².